The van der Waals surface area contributed by atoms with Crippen LogP contribution in [-0.4, -0.2) is 27.4 Å². The Balaban J connectivity index is 0.000000106. The molecule has 0 radical (unpaired) electrons. The van der Waals surface area contributed by atoms with Gasteiger partial charge in [0.25, 0.3) is 0 Å². The average Bonchev–Trinajstić information content (AvgIpc) is 1.60. The minimum Gasteiger partial charge on any atom is -0.309 e. The van der Waals surface area contributed by atoms with E-state index in [-0.39, 0.29) is 0 Å². The first-order valence-corrected chi connectivity index (χ1v) is 43.3. The Morgan fingerprint density at radius 1 is 0.0873 bits per heavy atom. The van der Waals surface area contributed by atoms with Gasteiger partial charge in [0, 0.05) is 98.8 Å². The maximum absolute atomic E-state index is 2.40. The van der Waals surface area contributed by atoms with Crippen molar-refractivity contribution in [2.45, 2.75) is 0 Å². The normalized spacial score (nSPS) is 11.7. The zero-order chi connectivity index (χ0) is 83.1. The van der Waals surface area contributed by atoms with Crippen LogP contribution >= 0.6 is 0 Å². The maximum atomic E-state index is 2.40. The van der Waals surface area contributed by atoms with Crippen molar-refractivity contribution < 1.29 is 0 Å². The van der Waals surface area contributed by atoms with Gasteiger partial charge in [-0.1, -0.05) is 303 Å². The standard InChI is InChI=1S/2C42H28N2.C36H24N2/c1-3-12-29(13-4-1)30-14-11-17-34(26-30)44-40-21-10-8-19-36(40)38-28-32(23-25-42(38)44)31-22-24-41-37(27-31)35-18-7-9-20-39(35)43(41)33-15-5-2-6-16-33;1-3-11-29(12-4-1)30-19-23-34(24-20-30)44-40-18-10-8-16-36(40)38-28-32(22-26-42(38)44)31-21-25-41-37(27-31)35-15-7-9-17-39(35)43(41)33-13-5-2-6-14-33;1-3-11-27(12-4-1)37-33-17-9-7-15-29(33)31-23-25(19-21-35(31)37)26-20-22-36-32(24-26)30-16-8-10-18-34(30)38(36)28-13-5-2-6-14-28/h2*1-28H;1-24H. The van der Waals surface area contributed by atoms with Crippen LogP contribution in [0.25, 0.3) is 221 Å². The fraction of sp³-hybridized carbons (Fsp3) is 0. The molecule has 20 aromatic carbocycles. The van der Waals surface area contributed by atoms with E-state index >= 15 is 0 Å². The minimum absolute atomic E-state index is 1.17. The lowest BCUT2D eigenvalue weighted by molar-refractivity contribution is 1.18. The van der Waals surface area contributed by atoms with Crippen LogP contribution in [0.1, 0.15) is 0 Å². The number of benzene rings is 20. The van der Waals surface area contributed by atoms with Crippen LogP contribution < -0.4 is 0 Å². The number of rotatable bonds is 11. The summed E-state index contributed by atoms with van der Waals surface area (Å²) in [6.45, 7) is 0. The fourth-order valence-corrected chi connectivity index (χ4v) is 19.8. The van der Waals surface area contributed by atoms with Gasteiger partial charge in [0.05, 0.1) is 66.2 Å². The van der Waals surface area contributed by atoms with Gasteiger partial charge in [0.1, 0.15) is 0 Å². The van der Waals surface area contributed by atoms with Gasteiger partial charge in [-0.25, -0.2) is 0 Å². The molecule has 6 heterocycles. The summed E-state index contributed by atoms with van der Waals surface area (Å²) in [4.78, 5) is 0. The third-order valence-electron chi connectivity index (χ3n) is 25.5. The molecule has 0 atom stereocenters. The summed E-state index contributed by atoms with van der Waals surface area (Å²) in [6, 6.07) is 175. The smallest absolute Gasteiger partial charge is 0.0541 e. The molecule has 6 nitrogen and oxygen atoms in total. The SMILES string of the molecule is c1ccc(-c2ccc(-n3c4ccccc4c4cc(-c5ccc6c(c5)c5ccccc5n6-c5ccccc5)ccc43)cc2)cc1.c1ccc(-c2cccc(-n3c4ccccc4c4cc(-c5ccc6c(c5)c5ccccc5n6-c5ccccc5)ccc43)c2)cc1.c1ccc(-n2c3ccccc3c3cc(-c4ccc5c(c4)c4ccccc4n5-c4ccccc4)ccc32)cc1. The lowest BCUT2D eigenvalue weighted by Crippen LogP contribution is -1.94. The van der Waals surface area contributed by atoms with E-state index in [2.05, 4.69) is 513 Å². The van der Waals surface area contributed by atoms with E-state index in [4.69, 9.17) is 0 Å². The molecule has 0 fully saturated rings. The zero-order valence-electron chi connectivity index (χ0n) is 68.9. The highest BCUT2D eigenvalue weighted by Crippen LogP contribution is 2.44. The van der Waals surface area contributed by atoms with Crippen molar-refractivity contribution in [2.75, 3.05) is 0 Å². The molecule has 26 rings (SSSR count). The number of nitrogens with zero attached hydrogens (tertiary/aromatic N) is 6. The van der Waals surface area contributed by atoms with E-state index in [0.717, 1.165) is 0 Å². The molecule has 6 heteroatoms. The quantitative estimate of drug-likeness (QED) is 0.124. The van der Waals surface area contributed by atoms with E-state index in [1.807, 2.05) is 0 Å². The van der Waals surface area contributed by atoms with Gasteiger partial charge in [-0.05, 0) is 238 Å². The monoisotopic (exact) mass is 1600 g/mol. The first-order valence-electron chi connectivity index (χ1n) is 43.3. The van der Waals surface area contributed by atoms with Crippen molar-refractivity contribution in [3.05, 3.63) is 485 Å². The molecule has 0 unspecified atom stereocenters. The number of hydrogen-bond acceptors (Lipinski definition) is 0. The van der Waals surface area contributed by atoms with Crippen LogP contribution in [0.5, 0.6) is 0 Å². The largest absolute Gasteiger partial charge is 0.309 e. The minimum atomic E-state index is 1.17. The van der Waals surface area contributed by atoms with Gasteiger partial charge in [-0.2, -0.15) is 0 Å². The number of aromatic nitrogens is 6. The van der Waals surface area contributed by atoms with E-state index in [1.54, 1.807) is 0 Å². The Morgan fingerprint density at radius 2 is 0.246 bits per heavy atom. The van der Waals surface area contributed by atoms with Crippen molar-refractivity contribution >= 4 is 131 Å². The molecule has 0 spiro atoms. The van der Waals surface area contributed by atoms with Crippen molar-refractivity contribution in [3.8, 4) is 89.8 Å². The second-order valence-electron chi connectivity index (χ2n) is 32.7. The van der Waals surface area contributed by atoms with Gasteiger partial charge in [-0.3, -0.25) is 0 Å². The van der Waals surface area contributed by atoms with Gasteiger partial charge < -0.3 is 27.4 Å². The zero-order valence-corrected chi connectivity index (χ0v) is 68.9. The van der Waals surface area contributed by atoms with Crippen LogP contribution in [0, 0.1) is 0 Å². The predicted octanol–water partition coefficient (Wildman–Crippen LogP) is 32.0. The molecule has 0 aliphatic rings. The molecule has 0 N–H and O–H groups in total. The highest BCUT2D eigenvalue weighted by Gasteiger charge is 2.22. The van der Waals surface area contributed by atoms with Crippen LogP contribution in [0.3, 0.4) is 0 Å². The summed E-state index contributed by atoms with van der Waals surface area (Å²) < 4.78 is 14.3. The van der Waals surface area contributed by atoms with E-state index in [1.165, 1.54) is 221 Å². The van der Waals surface area contributed by atoms with E-state index in [9.17, 15) is 0 Å². The lowest BCUT2D eigenvalue weighted by Gasteiger charge is -2.11. The Kier molecular flexibility index (Phi) is 17.8. The third kappa shape index (κ3) is 12.5. The van der Waals surface area contributed by atoms with Crippen molar-refractivity contribution in [1.29, 1.82) is 0 Å². The molecule has 0 aliphatic heterocycles. The Bertz CT molecular complexity index is 8510. The highest BCUT2D eigenvalue weighted by atomic mass is 15.0. The van der Waals surface area contributed by atoms with Gasteiger partial charge in [0.15, 0.2) is 0 Å². The second kappa shape index (κ2) is 30.7. The molecule has 6 aromatic heterocycles. The lowest BCUT2D eigenvalue weighted by atomic mass is 10.0. The first kappa shape index (κ1) is 73.1. The predicted molar refractivity (Wildman–Crippen MR) is 533 cm³/mol. The summed E-state index contributed by atoms with van der Waals surface area (Å²) in [7, 11) is 0. The molecule has 126 heavy (non-hydrogen) atoms. The molecule has 0 bridgehead atoms. The number of hydrogen-bond donors (Lipinski definition) is 0. The molecule has 26 aromatic rings. The summed E-state index contributed by atoms with van der Waals surface area (Å²) in [6.07, 6.45) is 0. The Labute approximate surface area is 728 Å². The summed E-state index contributed by atoms with van der Waals surface area (Å²) >= 11 is 0. The summed E-state index contributed by atoms with van der Waals surface area (Å²) in [5.74, 6) is 0. The van der Waals surface area contributed by atoms with Gasteiger partial charge >= 0.3 is 0 Å². The summed E-state index contributed by atoms with van der Waals surface area (Å²) in [5.41, 5.74) is 33.9. The van der Waals surface area contributed by atoms with Crippen LogP contribution in [0.15, 0.2) is 485 Å². The average molecular weight is 1610 g/mol. The molecule has 0 amide bonds. The molecule has 0 aliphatic carbocycles. The molecule has 0 saturated carbocycles. The maximum Gasteiger partial charge on any atom is 0.0541 e. The molecular formula is C120H80N6. The number of fused-ring (bicyclic) bond motifs is 18. The Morgan fingerprint density at radius 3 is 0.500 bits per heavy atom. The Hall–Kier alpha value is -16.8. The summed E-state index contributed by atoms with van der Waals surface area (Å²) in [5, 5.41) is 15.2. The van der Waals surface area contributed by atoms with E-state index < -0.39 is 0 Å². The van der Waals surface area contributed by atoms with Crippen LogP contribution in [-0.2, 0) is 0 Å². The van der Waals surface area contributed by atoms with Crippen molar-refractivity contribution in [2.24, 2.45) is 0 Å². The molecule has 590 valence electrons. The molecule has 0 saturated heterocycles. The highest BCUT2D eigenvalue weighted by molar-refractivity contribution is 6.17. The van der Waals surface area contributed by atoms with Crippen LogP contribution in [0.2, 0.25) is 0 Å². The first-order chi connectivity index (χ1) is 62.5. The number of para-hydroxylation sites is 10. The topological polar surface area (TPSA) is 29.6 Å². The second-order valence-corrected chi connectivity index (χ2v) is 32.7. The van der Waals surface area contributed by atoms with Crippen molar-refractivity contribution in [1.82, 2.24) is 27.4 Å². The van der Waals surface area contributed by atoms with Gasteiger partial charge in [-0.15, -0.1) is 0 Å². The fourth-order valence-electron chi connectivity index (χ4n) is 19.8. The van der Waals surface area contributed by atoms with Crippen LogP contribution in [0.4, 0.5) is 0 Å². The van der Waals surface area contributed by atoms with E-state index in [0.29, 0.717) is 0 Å². The third-order valence-corrected chi connectivity index (χ3v) is 25.5. The van der Waals surface area contributed by atoms with Crippen molar-refractivity contribution in [3.63, 3.8) is 0 Å². The van der Waals surface area contributed by atoms with Gasteiger partial charge in [0.2, 0.25) is 0 Å². The molecular weight excluding hydrogens is 1530 g/mol.